The molecular weight excluding hydrogens is 240 g/mol. The molecule has 0 radical (unpaired) electrons. The van der Waals surface area contributed by atoms with Crippen LogP contribution in [0.3, 0.4) is 0 Å². The normalized spacial score (nSPS) is 20.7. The van der Waals surface area contributed by atoms with Gasteiger partial charge in [-0.25, -0.2) is 4.79 Å². The zero-order valence-electron chi connectivity index (χ0n) is 11.1. The van der Waals surface area contributed by atoms with Gasteiger partial charge in [0.15, 0.2) is 0 Å². The van der Waals surface area contributed by atoms with E-state index in [2.05, 4.69) is 0 Å². The Balaban J connectivity index is 0.00000256. The highest BCUT2D eigenvalue weighted by Crippen LogP contribution is 2.21. The van der Waals surface area contributed by atoms with Crippen molar-refractivity contribution in [2.75, 3.05) is 13.1 Å². The summed E-state index contributed by atoms with van der Waals surface area (Å²) >= 11 is 0. The maximum absolute atomic E-state index is 12.0. The standard InChI is InChI=1S/C12H24N2O2.ClH/c1-12(2,3)16-11(15)14-9-5-4-6-10(14)7-8-13;/h10H,4-9,13H2,1-3H3;1H. The molecule has 2 N–H and O–H groups in total. The Hall–Kier alpha value is -0.480. The SMILES string of the molecule is CC(C)(C)OC(=O)N1CCCCC1CCN.Cl. The number of rotatable bonds is 2. The molecule has 0 aromatic carbocycles. The smallest absolute Gasteiger partial charge is 0.410 e. The summed E-state index contributed by atoms with van der Waals surface area (Å²) in [5, 5.41) is 0. The van der Waals surface area contributed by atoms with Gasteiger partial charge >= 0.3 is 6.09 Å². The molecule has 17 heavy (non-hydrogen) atoms. The van der Waals surface area contributed by atoms with Crippen molar-refractivity contribution in [2.24, 2.45) is 5.73 Å². The van der Waals surface area contributed by atoms with Gasteiger partial charge in [-0.2, -0.15) is 0 Å². The summed E-state index contributed by atoms with van der Waals surface area (Å²) in [4.78, 5) is 13.8. The highest BCUT2D eigenvalue weighted by atomic mass is 35.5. The van der Waals surface area contributed by atoms with E-state index in [1.54, 1.807) is 0 Å². The van der Waals surface area contributed by atoms with Gasteiger partial charge in [-0.15, -0.1) is 12.4 Å². The molecule has 1 heterocycles. The van der Waals surface area contributed by atoms with E-state index < -0.39 is 5.60 Å². The molecule has 1 aliphatic heterocycles. The van der Waals surface area contributed by atoms with Gasteiger partial charge in [-0.1, -0.05) is 0 Å². The van der Waals surface area contributed by atoms with Gasteiger partial charge in [0, 0.05) is 12.6 Å². The molecule has 0 saturated carbocycles. The summed E-state index contributed by atoms with van der Waals surface area (Å²) in [7, 11) is 0. The van der Waals surface area contributed by atoms with E-state index in [1.165, 1.54) is 6.42 Å². The Morgan fingerprint density at radius 2 is 2.06 bits per heavy atom. The average molecular weight is 265 g/mol. The van der Waals surface area contributed by atoms with Crippen LogP contribution in [0.4, 0.5) is 4.79 Å². The second-order valence-electron chi connectivity index (χ2n) is 5.40. The van der Waals surface area contributed by atoms with E-state index in [-0.39, 0.29) is 24.5 Å². The number of amides is 1. The number of hydrogen-bond acceptors (Lipinski definition) is 3. The molecule has 1 aliphatic rings. The Labute approximate surface area is 110 Å². The summed E-state index contributed by atoms with van der Waals surface area (Å²) in [5.41, 5.74) is 5.16. The van der Waals surface area contributed by atoms with Crippen LogP contribution in [0.1, 0.15) is 46.5 Å². The number of hydrogen-bond donors (Lipinski definition) is 1. The van der Waals surface area contributed by atoms with Crippen molar-refractivity contribution in [1.29, 1.82) is 0 Å². The van der Waals surface area contributed by atoms with E-state index in [1.807, 2.05) is 25.7 Å². The zero-order chi connectivity index (χ0) is 12.2. The molecule has 5 heteroatoms. The number of carbonyl (C=O) groups is 1. The van der Waals surface area contributed by atoms with Gasteiger partial charge in [0.2, 0.25) is 0 Å². The lowest BCUT2D eigenvalue weighted by Crippen LogP contribution is -2.46. The fraction of sp³-hybridized carbons (Fsp3) is 0.917. The maximum atomic E-state index is 12.0. The first-order valence-electron chi connectivity index (χ1n) is 6.14. The Bertz CT molecular complexity index is 239. The number of piperidine rings is 1. The molecule has 1 atom stereocenters. The number of carbonyl (C=O) groups excluding carboxylic acids is 1. The molecule has 102 valence electrons. The molecule has 0 spiro atoms. The van der Waals surface area contributed by atoms with E-state index in [9.17, 15) is 4.79 Å². The number of nitrogens with zero attached hydrogens (tertiary/aromatic N) is 1. The van der Waals surface area contributed by atoms with Gasteiger partial charge in [0.1, 0.15) is 5.60 Å². The monoisotopic (exact) mass is 264 g/mol. The largest absolute Gasteiger partial charge is 0.444 e. The molecule has 0 aromatic rings. The van der Waals surface area contributed by atoms with Crippen molar-refractivity contribution in [1.82, 2.24) is 4.90 Å². The van der Waals surface area contributed by atoms with Crippen molar-refractivity contribution in [3.8, 4) is 0 Å². The fourth-order valence-corrected chi connectivity index (χ4v) is 2.05. The van der Waals surface area contributed by atoms with E-state index >= 15 is 0 Å². The van der Waals surface area contributed by atoms with E-state index in [4.69, 9.17) is 10.5 Å². The minimum absolute atomic E-state index is 0. The molecule has 1 rings (SSSR count). The van der Waals surface area contributed by atoms with Crippen LogP contribution >= 0.6 is 12.4 Å². The number of likely N-dealkylation sites (tertiary alicyclic amines) is 1. The summed E-state index contributed by atoms with van der Waals surface area (Å²) in [5.74, 6) is 0. The molecule has 1 fully saturated rings. The summed E-state index contributed by atoms with van der Waals surface area (Å²) in [6.45, 7) is 7.12. The summed E-state index contributed by atoms with van der Waals surface area (Å²) < 4.78 is 5.40. The van der Waals surface area contributed by atoms with Crippen LogP contribution in [0.15, 0.2) is 0 Å². The third-order valence-electron chi connectivity index (χ3n) is 2.76. The quantitative estimate of drug-likeness (QED) is 0.834. The van der Waals surface area contributed by atoms with Crippen molar-refractivity contribution in [3.63, 3.8) is 0 Å². The van der Waals surface area contributed by atoms with Crippen LogP contribution in [-0.4, -0.2) is 35.7 Å². The average Bonchev–Trinajstić information content (AvgIpc) is 2.16. The van der Waals surface area contributed by atoms with Crippen LogP contribution in [0.2, 0.25) is 0 Å². The van der Waals surface area contributed by atoms with Crippen molar-refractivity contribution in [2.45, 2.75) is 58.1 Å². The van der Waals surface area contributed by atoms with Crippen LogP contribution in [-0.2, 0) is 4.74 Å². The van der Waals surface area contributed by atoms with Crippen LogP contribution in [0.25, 0.3) is 0 Å². The lowest BCUT2D eigenvalue weighted by molar-refractivity contribution is 0.00919. The van der Waals surface area contributed by atoms with Crippen LogP contribution in [0, 0.1) is 0 Å². The maximum Gasteiger partial charge on any atom is 0.410 e. The van der Waals surface area contributed by atoms with Gasteiger partial charge in [-0.3, -0.25) is 0 Å². The predicted molar refractivity (Wildman–Crippen MR) is 71.5 cm³/mol. The number of nitrogens with two attached hydrogens (primary N) is 1. The molecule has 1 saturated heterocycles. The topological polar surface area (TPSA) is 55.6 Å². The lowest BCUT2D eigenvalue weighted by atomic mass is 10.00. The first-order valence-corrected chi connectivity index (χ1v) is 6.14. The van der Waals surface area contributed by atoms with Crippen molar-refractivity contribution < 1.29 is 9.53 Å². The van der Waals surface area contributed by atoms with E-state index in [0.29, 0.717) is 6.54 Å². The van der Waals surface area contributed by atoms with Gasteiger partial charge in [0.25, 0.3) is 0 Å². The third kappa shape index (κ3) is 5.59. The summed E-state index contributed by atoms with van der Waals surface area (Å²) in [6, 6.07) is 0.272. The minimum Gasteiger partial charge on any atom is -0.444 e. The van der Waals surface area contributed by atoms with Crippen LogP contribution in [0.5, 0.6) is 0 Å². The second-order valence-corrected chi connectivity index (χ2v) is 5.40. The van der Waals surface area contributed by atoms with E-state index in [0.717, 1.165) is 25.8 Å². The number of ether oxygens (including phenoxy) is 1. The Kier molecular flexibility index (Phi) is 6.87. The van der Waals surface area contributed by atoms with Gasteiger partial charge in [-0.05, 0) is 53.0 Å². The fourth-order valence-electron chi connectivity index (χ4n) is 2.05. The lowest BCUT2D eigenvalue weighted by Gasteiger charge is -2.36. The first-order chi connectivity index (χ1) is 7.44. The van der Waals surface area contributed by atoms with Crippen LogP contribution < -0.4 is 5.73 Å². The molecular formula is C12H25ClN2O2. The predicted octanol–water partition coefficient (Wildman–Crippen LogP) is 2.55. The van der Waals surface area contributed by atoms with Gasteiger partial charge in [0.05, 0.1) is 0 Å². The molecule has 1 amide bonds. The second kappa shape index (κ2) is 7.07. The Morgan fingerprint density at radius 3 is 2.59 bits per heavy atom. The molecule has 1 unspecified atom stereocenters. The number of halogens is 1. The van der Waals surface area contributed by atoms with Gasteiger partial charge < -0.3 is 15.4 Å². The molecule has 0 aromatic heterocycles. The molecule has 0 aliphatic carbocycles. The highest BCUT2D eigenvalue weighted by Gasteiger charge is 2.29. The third-order valence-corrected chi connectivity index (χ3v) is 2.76. The molecule has 4 nitrogen and oxygen atoms in total. The summed E-state index contributed by atoms with van der Waals surface area (Å²) in [6.07, 6.45) is 3.99. The van der Waals surface area contributed by atoms with Crippen molar-refractivity contribution >= 4 is 18.5 Å². The Morgan fingerprint density at radius 1 is 1.41 bits per heavy atom. The highest BCUT2D eigenvalue weighted by molar-refractivity contribution is 5.85. The molecule has 0 bridgehead atoms. The van der Waals surface area contributed by atoms with Crippen molar-refractivity contribution in [3.05, 3.63) is 0 Å². The first kappa shape index (κ1) is 16.5. The minimum atomic E-state index is -0.415. The zero-order valence-corrected chi connectivity index (χ0v) is 11.9.